The molecular formula is C8H12O4. The van der Waals surface area contributed by atoms with Crippen LogP contribution in [0.2, 0.25) is 0 Å². The van der Waals surface area contributed by atoms with Crippen molar-refractivity contribution in [1.29, 1.82) is 0 Å². The molecule has 0 unspecified atom stereocenters. The molecule has 0 aromatic heterocycles. The highest BCUT2D eigenvalue weighted by molar-refractivity contribution is 6.13. The molecule has 0 bridgehead atoms. The van der Waals surface area contributed by atoms with E-state index in [1.165, 1.54) is 13.0 Å². The van der Waals surface area contributed by atoms with Gasteiger partial charge in [0, 0.05) is 0 Å². The zero-order valence-electron chi connectivity index (χ0n) is 7.16. The molecule has 0 atom stereocenters. The van der Waals surface area contributed by atoms with Crippen molar-refractivity contribution in [1.82, 2.24) is 0 Å². The maximum atomic E-state index is 10.9. The topological polar surface area (TPSA) is 63.6 Å². The Hall–Kier alpha value is -1.32. The minimum absolute atomic E-state index is 0.253. The second-order valence-corrected chi connectivity index (χ2v) is 2.14. The zero-order chi connectivity index (χ0) is 9.56. The van der Waals surface area contributed by atoms with E-state index >= 15 is 0 Å². The van der Waals surface area contributed by atoms with Crippen LogP contribution in [0.25, 0.3) is 0 Å². The highest BCUT2D eigenvalue weighted by Crippen LogP contribution is 1.98. The largest absolute Gasteiger partial charge is 0.477 e. The molecule has 0 saturated heterocycles. The molecule has 0 aromatic carbocycles. The smallest absolute Gasteiger partial charge is 0.345 e. The molecule has 0 aliphatic heterocycles. The van der Waals surface area contributed by atoms with E-state index in [1.54, 1.807) is 0 Å². The summed E-state index contributed by atoms with van der Waals surface area (Å²) in [4.78, 5) is 21.3. The third kappa shape index (κ3) is 3.18. The lowest BCUT2D eigenvalue weighted by atomic mass is 10.2. The highest BCUT2D eigenvalue weighted by atomic mass is 16.5. The summed E-state index contributed by atoms with van der Waals surface area (Å²) in [5.74, 6) is -2.02. The Kier molecular flexibility index (Phi) is 4.76. The van der Waals surface area contributed by atoms with Crippen LogP contribution < -0.4 is 0 Å². The van der Waals surface area contributed by atoms with Crippen LogP contribution in [0.4, 0.5) is 0 Å². The quantitative estimate of drug-likeness (QED) is 0.297. The Labute approximate surface area is 70.8 Å². The molecule has 0 radical (unpaired) electrons. The summed E-state index contributed by atoms with van der Waals surface area (Å²) in [5.41, 5.74) is -0.316. The van der Waals surface area contributed by atoms with Gasteiger partial charge in [-0.05, 0) is 13.3 Å². The van der Waals surface area contributed by atoms with Crippen molar-refractivity contribution in [2.45, 2.75) is 20.3 Å². The number of carbonyl (C=O) groups excluding carboxylic acids is 1. The van der Waals surface area contributed by atoms with Gasteiger partial charge in [-0.2, -0.15) is 0 Å². The van der Waals surface area contributed by atoms with E-state index < -0.39 is 11.9 Å². The standard InChI is InChI=1S/C8H12O4/c1-3-5-12-8(11)6(4-2)7(9)10/h4H,3,5H2,1-2H3,(H,9,10)/b6-4+. The van der Waals surface area contributed by atoms with Crippen LogP contribution in [0.15, 0.2) is 11.6 Å². The van der Waals surface area contributed by atoms with Gasteiger partial charge in [-0.1, -0.05) is 13.0 Å². The minimum atomic E-state index is -1.25. The molecule has 68 valence electrons. The summed E-state index contributed by atoms with van der Waals surface area (Å²) in [5, 5.41) is 8.47. The fourth-order valence-corrected chi connectivity index (χ4v) is 0.601. The molecule has 0 spiro atoms. The van der Waals surface area contributed by atoms with Gasteiger partial charge in [-0.15, -0.1) is 0 Å². The fraction of sp³-hybridized carbons (Fsp3) is 0.500. The number of hydrogen-bond donors (Lipinski definition) is 1. The number of rotatable bonds is 4. The number of ether oxygens (including phenoxy) is 1. The SMILES string of the molecule is C/C=C(\C(=O)O)C(=O)OCCC. The van der Waals surface area contributed by atoms with E-state index in [0.29, 0.717) is 6.42 Å². The van der Waals surface area contributed by atoms with Gasteiger partial charge in [0.2, 0.25) is 0 Å². The third-order valence-electron chi connectivity index (χ3n) is 1.18. The average molecular weight is 172 g/mol. The summed E-state index contributed by atoms with van der Waals surface area (Å²) in [6.07, 6.45) is 1.91. The van der Waals surface area contributed by atoms with Crippen molar-refractivity contribution in [3.63, 3.8) is 0 Å². The Morgan fingerprint density at radius 3 is 2.42 bits per heavy atom. The summed E-state index contributed by atoms with van der Waals surface area (Å²) >= 11 is 0. The Balaban J connectivity index is 4.15. The lowest BCUT2D eigenvalue weighted by Gasteiger charge is -2.01. The lowest BCUT2D eigenvalue weighted by molar-refractivity contribution is -0.144. The predicted molar refractivity (Wildman–Crippen MR) is 42.6 cm³/mol. The second-order valence-electron chi connectivity index (χ2n) is 2.14. The number of allylic oxidation sites excluding steroid dienone is 1. The van der Waals surface area contributed by atoms with E-state index in [0.717, 1.165) is 0 Å². The van der Waals surface area contributed by atoms with E-state index in [9.17, 15) is 9.59 Å². The molecule has 0 aliphatic carbocycles. The summed E-state index contributed by atoms with van der Waals surface area (Å²) in [6, 6.07) is 0. The van der Waals surface area contributed by atoms with E-state index in [4.69, 9.17) is 5.11 Å². The molecule has 0 aliphatic rings. The predicted octanol–water partition coefficient (Wildman–Crippen LogP) is 0.970. The first-order valence-electron chi connectivity index (χ1n) is 3.70. The van der Waals surface area contributed by atoms with Gasteiger partial charge >= 0.3 is 11.9 Å². The lowest BCUT2D eigenvalue weighted by Crippen LogP contribution is -2.15. The third-order valence-corrected chi connectivity index (χ3v) is 1.18. The Morgan fingerprint density at radius 1 is 1.50 bits per heavy atom. The molecule has 4 nitrogen and oxygen atoms in total. The molecule has 12 heavy (non-hydrogen) atoms. The van der Waals surface area contributed by atoms with Crippen molar-refractivity contribution in [3.8, 4) is 0 Å². The molecule has 0 rings (SSSR count). The molecule has 4 heteroatoms. The number of aliphatic carboxylic acids is 1. The fourth-order valence-electron chi connectivity index (χ4n) is 0.601. The highest BCUT2D eigenvalue weighted by Gasteiger charge is 2.16. The number of carboxylic acid groups (broad SMARTS) is 1. The summed E-state index contributed by atoms with van der Waals surface area (Å²) in [6.45, 7) is 3.57. The molecule has 0 amide bonds. The van der Waals surface area contributed by atoms with Crippen molar-refractivity contribution < 1.29 is 19.4 Å². The zero-order valence-corrected chi connectivity index (χ0v) is 7.16. The molecule has 0 fully saturated rings. The molecule has 1 N–H and O–H groups in total. The van der Waals surface area contributed by atoms with Gasteiger partial charge in [0.1, 0.15) is 5.57 Å². The van der Waals surface area contributed by atoms with Gasteiger partial charge in [-0.25, -0.2) is 9.59 Å². The van der Waals surface area contributed by atoms with Gasteiger partial charge in [0.15, 0.2) is 0 Å². The van der Waals surface area contributed by atoms with E-state index in [1.807, 2.05) is 6.92 Å². The average Bonchev–Trinajstić information content (AvgIpc) is 2.01. The van der Waals surface area contributed by atoms with Gasteiger partial charge in [0.05, 0.1) is 6.61 Å². The van der Waals surface area contributed by atoms with Crippen molar-refractivity contribution in [2.75, 3.05) is 6.61 Å². The first kappa shape index (κ1) is 10.7. The van der Waals surface area contributed by atoms with E-state index in [2.05, 4.69) is 4.74 Å². The van der Waals surface area contributed by atoms with Crippen molar-refractivity contribution >= 4 is 11.9 Å². The van der Waals surface area contributed by atoms with Crippen LogP contribution in [0, 0.1) is 0 Å². The summed E-state index contributed by atoms with van der Waals surface area (Å²) in [7, 11) is 0. The van der Waals surface area contributed by atoms with Crippen LogP contribution in [0.5, 0.6) is 0 Å². The normalized spacial score (nSPS) is 11.0. The first-order valence-corrected chi connectivity index (χ1v) is 3.70. The Morgan fingerprint density at radius 2 is 2.08 bits per heavy atom. The van der Waals surface area contributed by atoms with Gasteiger partial charge in [-0.3, -0.25) is 0 Å². The number of carbonyl (C=O) groups is 2. The second kappa shape index (κ2) is 5.35. The summed E-state index contributed by atoms with van der Waals surface area (Å²) < 4.78 is 4.62. The Bertz CT molecular complexity index is 205. The first-order chi connectivity index (χ1) is 5.63. The van der Waals surface area contributed by atoms with Crippen molar-refractivity contribution in [2.24, 2.45) is 0 Å². The molecule has 0 aromatic rings. The van der Waals surface area contributed by atoms with Gasteiger partial charge < -0.3 is 9.84 Å². The van der Waals surface area contributed by atoms with Gasteiger partial charge in [0.25, 0.3) is 0 Å². The van der Waals surface area contributed by atoms with E-state index in [-0.39, 0.29) is 12.2 Å². The number of hydrogen-bond acceptors (Lipinski definition) is 3. The van der Waals surface area contributed by atoms with Crippen LogP contribution in [-0.4, -0.2) is 23.7 Å². The number of carboxylic acids is 1. The van der Waals surface area contributed by atoms with Crippen LogP contribution in [0.3, 0.4) is 0 Å². The monoisotopic (exact) mass is 172 g/mol. The van der Waals surface area contributed by atoms with Crippen LogP contribution in [0.1, 0.15) is 20.3 Å². The molecular weight excluding hydrogens is 160 g/mol. The number of esters is 1. The maximum absolute atomic E-state index is 10.9. The van der Waals surface area contributed by atoms with Crippen LogP contribution >= 0.6 is 0 Å². The molecule has 0 heterocycles. The maximum Gasteiger partial charge on any atom is 0.345 e. The van der Waals surface area contributed by atoms with Crippen LogP contribution in [-0.2, 0) is 14.3 Å². The van der Waals surface area contributed by atoms with Crippen molar-refractivity contribution in [3.05, 3.63) is 11.6 Å². The minimum Gasteiger partial charge on any atom is -0.477 e. The molecule has 0 saturated carbocycles.